The first-order valence-electron chi connectivity index (χ1n) is 6.06. The summed E-state index contributed by atoms with van der Waals surface area (Å²) in [6, 6.07) is 0. The first-order valence-corrected chi connectivity index (χ1v) is 7.50. The summed E-state index contributed by atoms with van der Waals surface area (Å²) in [5.74, 6) is -0.825. The third kappa shape index (κ3) is 2.10. The van der Waals surface area contributed by atoms with Gasteiger partial charge >= 0.3 is 5.97 Å². The molecule has 10 nitrogen and oxygen atoms in total. The molecule has 3 heterocycles. The van der Waals surface area contributed by atoms with Crippen molar-refractivity contribution in [1.82, 2.24) is 29.3 Å². The van der Waals surface area contributed by atoms with Crippen LogP contribution < -0.4 is 0 Å². The zero-order chi connectivity index (χ0) is 15.2. The van der Waals surface area contributed by atoms with Gasteiger partial charge in [0, 0.05) is 18.8 Å². The van der Waals surface area contributed by atoms with E-state index in [1.54, 1.807) is 4.57 Å². The Balaban J connectivity index is 2.01. The maximum atomic E-state index is 12.6. The fraction of sp³-hybridized carbons (Fsp3) is 0.400. The zero-order valence-electron chi connectivity index (χ0n) is 11.0. The molecule has 0 saturated heterocycles. The number of aryl methyl sites for hydroxylation is 1. The Kier molecular flexibility index (Phi) is 3.02. The molecule has 3 rings (SSSR count). The summed E-state index contributed by atoms with van der Waals surface area (Å²) in [7, 11) is -4.01. The number of carbonyl (C=O) groups is 1. The van der Waals surface area contributed by atoms with E-state index in [0.29, 0.717) is 12.4 Å². The van der Waals surface area contributed by atoms with Gasteiger partial charge < -0.3 is 9.67 Å². The molecule has 0 saturated carbocycles. The highest BCUT2D eigenvalue weighted by molar-refractivity contribution is 7.89. The van der Waals surface area contributed by atoms with Gasteiger partial charge in [-0.3, -0.25) is 5.10 Å². The van der Waals surface area contributed by atoms with Crippen LogP contribution in [0.25, 0.3) is 0 Å². The van der Waals surface area contributed by atoms with Gasteiger partial charge in [-0.2, -0.15) is 9.40 Å². The summed E-state index contributed by atoms with van der Waals surface area (Å²) in [5, 5.41) is 22.3. The molecule has 0 atom stereocenters. The van der Waals surface area contributed by atoms with Crippen LogP contribution in [0.3, 0.4) is 0 Å². The number of aromatic amines is 1. The molecule has 0 fully saturated rings. The molecule has 2 aromatic rings. The van der Waals surface area contributed by atoms with E-state index in [1.165, 1.54) is 13.3 Å². The van der Waals surface area contributed by atoms with E-state index in [2.05, 4.69) is 20.4 Å². The van der Waals surface area contributed by atoms with E-state index in [4.69, 9.17) is 5.11 Å². The van der Waals surface area contributed by atoms with Crippen molar-refractivity contribution in [2.24, 2.45) is 0 Å². The molecule has 1 aliphatic heterocycles. The van der Waals surface area contributed by atoms with Gasteiger partial charge in [-0.1, -0.05) is 0 Å². The van der Waals surface area contributed by atoms with E-state index in [9.17, 15) is 13.2 Å². The third-order valence-electron chi connectivity index (χ3n) is 3.32. The Labute approximate surface area is 119 Å². The molecule has 0 spiro atoms. The van der Waals surface area contributed by atoms with Crippen molar-refractivity contribution in [3.63, 3.8) is 0 Å². The monoisotopic (exact) mass is 312 g/mol. The number of hydrogen-bond donors (Lipinski definition) is 2. The lowest BCUT2D eigenvalue weighted by molar-refractivity contribution is 0.0691. The number of carboxylic acids is 1. The first kappa shape index (κ1) is 13.7. The number of nitrogens with zero attached hydrogens (tertiary/aromatic N) is 5. The van der Waals surface area contributed by atoms with Crippen molar-refractivity contribution in [1.29, 1.82) is 0 Å². The Hall–Kier alpha value is -2.27. The second kappa shape index (κ2) is 4.63. The topological polar surface area (TPSA) is 134 Å². The molecule has 21 heavy (non-hydrogen) atoms. The average Bonchev–Trinajstić information content (AvgIpc) is 3.03. The number of rotatable bonds is 3. The maximum absolute atomic E-state index is 12.6. The predicted octanol–water partition coefficient (Wildman–Crippen LogP) is -0.788. The number of aromatic carboxylic acids is 1. The van der Waals surface area contributed by atoms with Gasteiger partial charge in [0.2, 0.25) is 5.03 Å². The fourth-order valence-electron chi connectivity index (χ4n) is 2.22. The third-order valence-corrected chi connectivity index (χ3v) is 5.09. The lowest BCUT2D eigenvalue weighted by Crippen LogP contribution is -2.39. The fourth-order valence-corrected chi connectivity index (χ4v) is 3.73. The lowest BCUT2D eigenvalue weighted by atomic mass is 10.3. The lowest BCUT2D eigenvalue weighted by Gasteiger charge is -2.25. The average molecular weight is 312 g/mol. The summed E-state index contributed by atoms with van der Waals surface area (Å²) < 4.78 is 28.1. The smallest absolute Gasteiger partial charge is 0.340 e. The number of carboxylic acid groups (broad SMARTS) is 1. The Morgan fingerprint density at radius 2 is 2.19 bits per heavy atom. The highest BCUT2D eigenvalue weighted by atomic mass is 32.2. The maximum Gasteiger partial charge on any atom is 0.340 e. The van der Waals surface area contributed by atoms with Gasteiger partial charge in [0.05, 0.1) is 6.54 Å². The van der Waals surface area contributed by atoms with Gasteiger partial charge in [0.25, 0.3) is 10.0 Å². The van der Waals surface area contributed by atoms with Crippen LogP contribution in [0, 0.1) is 6.92 Å². The van der Waals surface area contributed by atoms with E-state index >= 15 is 0 Å². The zero-order valence-corrected chi connectivity index (χ0v) is 11.8. The number of hydrogen-bond acceptors (Lipinski definition) is 6. The van der Waals surface area contributed by atoms with Crippen LogP contribution in [0.15, 0.2) is 11.4 Å². The number of H-pyrrole nitrogens is 1. The molecule has 112 valence electrons. The standard InChI is InChI=1S/C10H12N6O4S/c1-6-8(10(17)18)9(14-12-6)21(19,20)16-3-2-15-5-11-13-7(15)4-16/h5H,2-4H2,1H3,(H,12,14)(H,17,18). The first-order chi connectivity index (χ1) is 9.91. The van der Waals surface area contributed by atoms with E-state index in [-0.39, 0.29) is 24.3 Å². The van der Waals surface area contributed by atoms with Gasteiger partial charge in [0.1, 0.15) is 17.7 Å². The largest absolute Gasteiger partial charge is 0.478 e. The number of nitrogens with one attached hydrogen (secondary N) is 1. The molecule has 1 aliphatic rings. The predicted molar refractivity (Wildman–Crippen MR) is 67.9 cm³/mol. The minimum atomic E-state index is -4.01. The van der Waals surface area contributed by atoms with Gasteiger partial charge in [-0.25, -0.2) is 13.2 Å². The molecule has 2 N–H and O–H groups in total. The molecule has 0 amide bonds. The summed E-state index contributed by atoms with van der Waals surface area (Å²) in [6.45, 7) is 2.11. The van der Waals surface area contributed by atoms with Crippen molar-refractivity contribution in [2.75, 3.05) is 6.54 Å². The van der Waals surface area contributed by atoms with Crippen LogP contribution in [0.5, 0.6) is 0 Å². The molecule has 0 aromatic carbocycles. The summed E-state index contributed by atoms with van der Waals surface area (Å²) in [6.07, 6.45) is 1.53. The SMILES string of the molecule is Cc1[nH]nc(S(=O)(=O)N2CCn3cnnc3C2)c1C(=O)O. The van der Waals surface area contributed by atoms with Crippen LogP contribution in [-0.2, 0) is 23.1 Å². The van der Waals surface area contributed by atoms with Crippen LogP contribution in [0.1, 0.15) is 21.9 Å². The van der Waals surface area contributed by atoms with Crippen molar-refractivity contribution >= 4 is 16.0 Å². The van der Waals surface area contributed by atoms with Gasteiger partial charge in [-0.15, -0.1) is 10.2 Å². The number of aromatic nitrogens is 5. The molecule has 0 bridgehead atoms. The molecule has 0 radical (unpaired) electrons. The summed E-state index contributed by atoms with van der Waals surface area (Å²) >= 11 is 0. The summed E-state index contributed by atoms with van der Waals surface area (Å²) in [4.78, 5) is 11.2. The minimum Gasteiger partial charge on any atom is -0.478 e. The number of sulfonamides is 1. The van der Waals surface area contributed by atoms with Crippen molar-refractivity contribution in [2.45, 2.75) is 25.0 Å². The van der Waals surface area contributed by atoms with Crippen LogP contribution in [0.2, 0.25) is 0 Å². The molecule has 11 heteroatoms. The molecular weight excluding hydrogens is 300 g/mol. The van der Waals surface area contributed by atoms with Crippen LogP contribution in [0.4, 0.5) is 0 Å². The van der Waals surface area contributed by atoms with E-state index in [1.807, 2.05) is 0 Å². The molecule has 2 aromatic heterocycles. The van der Waals surface area contributed by atoms with Crippen molar-refractivity contribution < 1.29 is 18.3 Å². The molecule has 0 unspecified atom stereocenters. The Morgan fingerprint density at radius 3 is 2.90 bits per heavy atom. The second-order valence-corrected chi connectivity index (χ2v) is 6.47. The van der Waals surface area contributed by atoms with Crippen molar-refractivity contribution in [3.05, 3.63) is 23.4 Å². The molecular formula is C10H12N6O4S. The Morgan fingerprint density at radius 1 is 1.43 bits per heavy atom. The van der Waals surface area contributed by atoms with Crippen molar-refractivity contribution in [3.8, 4) is 0 Å². The van der Waals surface area contributed by atoms with E-state index < -0.39 is 21.0 Å². The van der Waals surface area contributed by atoms with Gasteiger partial charge in [-0.05, 0) is 6.92 Å². The minimum absolute atomic E-state index is 0.0350. The number of fused-ring (bicyclic) bond motifs is 1. The van der Waals surface area contributed by atoms with Gasteiger partial charge in [0.15, 0.2) is 0 Å². The normalized spacial score (nSPS) is 15.9. The Bertz CT molecular complexity index is 807. The summed E-state index contributed by atoms with van der Waals surface area (Å²) in [5.41, 5.74) is -0.136. The quantitative estimate of drug-likeness (QED) is 0.758. The highest BCUT2D eigenvalue weighted by Crippen LogP contribution is 2.23. The van der Waals surface area contributed by atoms with Crippen LogP contribution >= 0.6 is 0 Å². The second-order valence-electron chi connectivity index (χ2n) is 4.61. The highest BCUT2D eigenvalue weighted by Gasteiger charge is 2.35. The molecule has 0 aliphatic carbocycles. The van der Waals surface area contributed by atoms with Crippen LogP contribution in [-0.4, -0.2) is 55.3 Å². The van der Waals surface area contributed by atoms with E-state index in [0.717, 1.165) is 4.31 Å².